The van der Waals surface area contributed by atoms with E-state index in [-0.39, 0.29) is 0 Å². The molecule has 6 nitrogen and oxygen atoms in total. The van der Waals surface area contributed by atoms with Crippen LogP contribution in [0.25, 0.3) is 0 Å². The molecule has 4 rings (SSSR count). The lowest BCUT2D eigenvalue weighted by Crippen LogP contribution is -2.54. The monoisotopic (exact) mass is 452 g/mol. The molecule has 1 fully saturated rings. The quantitative estimate of drug-likeness (QED) is 0.624. The Kier molecular flexibility index (Phi) is 6.69. The molecule has 2 aliphatic heterocycles. The van der Waals surface area contributed by atoms with E-state index in [0.717, 1.165) is 22.4 Å². The largest absolute Gasteiger partial charge is 0.494 e. The number of rotatable bonds is 6. The van der Waals surface area contributed by atoms with Gasteiger partial charge in [0.05, 0.1) is 18.2 Å². The zero-order valence-corrected chi connectivity index (χ0v) is 17.9. The Bertz CT molecular complexity index is 919. The lowest BCUT2D eigenvalue weighted by molar-refractivity contribution is -0.227. The van der Waals surface area contributed by atoms with Crippen molar-refractivity contribution in [2.45, 2.75) is 50.3 Å². The second kappa shape index (κ2) is 9.30. The van der Waals surface area contributed by atoms with Gasteiger partial charge < -0.3 is 29.5 Å². The molecule has 3 N–H and O–H groups in total. The minimum absolute atomic E-state index is 0.426. The first kappa shape index (κ1) is 22.3. The average molecular weight is 453 g/mol. The molecule has 2 heterocycles. The zero-order valence-electron chi connectivity index (χ0n) is 17.1. The van der Waals surface area contributed by atoms with E-state index in [1.54, 1.807) is 6.07 Å². The van der Waals surface area contributed by atoms with E-state index in [9.17, 15) is 19.7 Å². The molecule has 0 aromatic heterocycles. The first-order valence-electron chi connectivity index (χ1n) is 10.4. The van der Waals surface area contributed by atoms with Gasteiger partial charge in [-0.3, -0.25) is 0 Å². The maximum absolute atomic E-state index is 13.4. The molecule has 5 atom stereocenters. The summed E-state index contributed by atoms with van der Waals surface area (Å²) in [4.78, 5) is 0. The molecule has 0 unspecified atom stereocenters. The molecule has 0 bridgehead atoms. The molecule has 2 aromatic carbocycles. The number of fused-ring (bicyclic) bond motifs is 1. The number of halogens is 2. The van der Waals surface area contributed by atoms with Crippen molar-refractivity contribution in [2.24, 2.45) is 0 Å². The molecule has 0 aliphatic carbocycles. The number of hydrogen-bond donors (Lipinski definition) is 3. The van der Waals surface area contributed by atoms with Crippen LogP contribution in [0.3, 0.4) is 0 Å². The average Bonchev–Trinajstić information content (AvgIpc) is 3.27. The highest BCUT2D eigenvalue weighted by molar-refractivity contribution is 6.32. The Morgan fingerprint density at radius 2 is 1.87 bits per heavy atom. The standard InChI is InChI=1S/C23H26ClFO6/c1-2-29-14-5-3-12(4-6-14)9-13-10-16(22-15(18(13)24)7-8-30-22)23-21(28)20(27)19(26)17(11-25)31-23/h3-6,10,17,19-21,23,26-28H,2,7-9,11H2,1H3/t17-,19-,20+,21-,23+/m1/s1. The third kappa shape index (κ3) is 4.25. The van der Waals surface area contributed by atoms with Gasteiger partial charge in [-0.25, -0.2) is 4.39 Å². The third-order valence-corrected chi connectivity index (χ3v) is 6.28. The van der Waals surface area contributed by atoms with Crippen LogP contribution in [0.5, 0.6) is 11.5 Å². The number of aliphatic hydroxyl groups excluding tert-OH is 3. The van der Waals surface area contributed by atoms with E-state index in [1.807, 2.05) is 31.2 Å². The van der Waals surface area contributed by atoms with Crippen LogP contribution in [-0.4, -0.2) is 59.6 Å². The topological polar surface area (TPSA) is 88.4 Å². The molecule has 8 heteroatoms. The van der Waals surface area contributed by atoms with Crippen molar-refractivity contribution >= 4 is 11.6 Å². The first-order chi connectivity index (χ1) is 14.9. The highest BCUT2D eigenvalue weighted by Crippen LogP contribution is 2.45. The fourth-order valence-corrected chi connectivity index (χ4v) is 4.50. The van der Waals surface area contributed by atoms with Crippen molar-refractivity contribution in [1.82, 2.24) is 0 Å². The van der Waals surface area contributed by atoms with E-state index in [0.29, 0.717) is 42.4 Å². The van der Waals surface area contributed by atoms with E-state index in [4.69, 9.17) is 25.8 Å². The highest BCUT2D eigenvalue weighted by atomic mass is 35.5. The second-order valence-corrected chi connectivity index (χ2v) is 8.20. The highest BCUT2D eigenvalue weighted by Gasteiger charge is 2.46. The van der Waals surface area contributed by atoms with Gasteiger partial charge in [-0.2, -0.15) is 0 Å². The van der Waals surface area contributed by atoms with Crippen LogP contribution in [0.2, 0.25) is 5.02 Å². The van der Waals surface area contributed by atoms with Crippen molar-refractivity contribution in [3.05, 3.63) is 57.6 Å². The molecule has 168 valence electrons. The lowest BCUT2D eigenvalue weighted by Gasteiger charge is -2.40. The minimum atomic E-state index is -1.54. The van der Waals surface area contributed by atoms with Gasteiger partial charge in [0.15, 0.2) is 0 Å². The molecule has 0 amide bonds. The number of benzene rings is 2. The van der Waals surface area contributed by atoms with Crippen LogP contribution in [0.4, 0.5) is 4.39 Å². The maximum Gasteiger partial charge on any atom is 0.130 e. The van der Waals surface area contributed by atoms with Gasteiger partial charge in [0, 0.05) is 17.5 Å². The smallest absolute Gasteiger partial charge is 0.130 e. The SMILES string of the molecule is CCOc1ccc(Cc2cc([C@@H]3O[C@H](CF)[C@@H](O)[C@H](O)[C@H]3O)c3c(c2Cl)CCO3)cc1. The predicted octanol–water partition coefficient (Wildman–Crippen LogP) is 2.76. The minimum Gasteiger partial charge on any atom is -0.494 e. The molecule has 1 saturated heterocycles. The van der Waals surface area contributed by atoms with Gasteiger partial charge >= 0.3 is 0 Å². The van der Waals surface area contributed by atoms with Gasteiger partial charge in [-0.1, -0.05) is 23.7 Å². The summed E-state index contributed by atoms with van der Waals surface area (Å²) in [7, 11) is 0. The summed E-state index contributed by atoms with van der Waals surface area (Å²) in [5.41, 5.74) is 3.11. The summed E-state index contributed by atoms with van der Waals surface area (Å²) in [6, 6.07) is 9.46. The van der Waals surface area contributed by atoms with Crippen LogP contribution in [0, 0.1) is 0 Å². The van der Waals surface area contributed by atoms with Crippen molar-refractivity contribution in [3.8, 4) is 11.5 Å². The van der Waals surface area contributed by atoms with Crippen LogP contribution in [0.15, 0.2) is 30.3 Å². The van der Waals surface area contributed by atoms with Gasteiger partial charge in [0.2, 0.25) is 0 Å². The van der Waals surface area contributed by atoms with Crippen molar-refractivity contribution in [1.29, 1.82) is 0 Å². The fourth-order valence-electron chi connectivity index (χ4n) is 4.20. The molecule has 2 aliphatic rings. The van der Waals surface area contributed by atoms with Crippen molar-refractivity contribution in [3.63, 3.8) is 0 Å². The van der Waals surface area contributed by atoms with Crippen LogP contribution < -0.4 is 9.47 Å². The van der Waals surface area contributed by atoms with Crippen LogP contribution in [-0.2, 0) is 17.6 Å². The summed E-state index contributed by atoms with van der Waals surface area (Å²) < 4.78 is 30.3. The molecular weight excluding hydrogens is 427 g/mol. The van der Waals surface area contributed by atoms with Crippen LogP contribution >= 0.6 is 11.6 Å². The number of ether oxygens (including phenoxy) is 3. The Labute approximate surface area is 185 Å². The Morgan fingerprint density at radius 1 is 1.13 bits per heavy atom. The first-order valence-corrected chi connectivity index (χ1v) is 10.8. The maximum atomic E-state index is 13.4. The van der Waals surface area contributed by atoms with Gasteiger partial charge in [0.1, 0.15) is 48.7 Å². The molecule has 0 spiro atoms. The summed E-state index contributed by atoms with van der Waals surface area (Å²) in [6.45, 7) is 1.95. The lowest BCUT2D eigenvalue weighted by atomic mass is 9.88. The number of aliphatic hydroxyl groups is 3. The number of hydrogen-bond acceptors (Lipinski definition) is 6. The number of alkyl halides is 1. The van der Waals surface area contributed by atoms with Crippen LogP contribution in [0.1, 0.15) is 35.3 Å². The predicted molar refractivity (Wildman–Crippen MR) is 113 cm³/mol. The molecule has 31 heavy (non-hydrogen) atoms. The second-order valence-electron chi connectivity index (χ2n) is 7.82. The van der Waals surface area contributed by atoms with E-state index < -0.39 is 37.2 Å². The third-order valence-electron chi connectivity index (χ3n) is 5.81. The van der Waals surface area contributed by atoms with Gasteiger partial charge in [-0.05, 0) is 42.7 Å². The van der Waals surface area contributed by atoms with Gasteiger partial charge in [0.25, 0.3) is 0 Å². The molecule has 0 saturated carbocycles. The Morgan fingerprint density at radius 3 is 2.55 bits per heavy atom. The normalized spacial score (nSPS) is 27.6. The summed E-state index contributed by atoms with van der Waals surface area (Å²) >= 11 is 6.68. The summed E-state index contributed by atoms with van der Waals surface area (Å²) in [5, 5.41) is 31.4. The Hall–Kier alpha value is -1.90. The fraction of sp³-hybridized carbons (Fsp3) is 0.478. The molecular formula is C23H26ClFO6. The molecule has 2 aromatic rings. The zero-order chi connectivity index (χ0) is 22.1. The van der Waals surface area contributed by atoms with E-state index in [2.05, 4.69) is 0 Å². The van der Waals surface area contributed by atoms with Crippen molar-refractivity contribution < 1.29 is 33.9 Å². The summed E-state index contributed by atoms with van der Waals surface area (Å²) in [5.74, 6) is 1.27. The van der Waals surface area contributed by atoms with Gasteiger partial charge in [-0.15, -0.1) is 0 Å². The summed E-state index contributed by atoms with van der Waals surface area (Å²) in [6.07, 6.45) is -5.67. The van der Waals surface area contributed by atoms with E-state index >= 15 is 0 Å². The van der Waals surface area contributed by atoms with E-state index in [1.165, 1.54) is 0 Å². The Balaban J connectivity index is 1.70. The van der Waals surface area contributed by atoms with Crippen molar-refractivity contribution in [2.75, 3.05) is 19.9 Å². The molecule has 0 radical (unpaired) electrons.